The van der Waals surface area contributed by atoms with Crippen LogP contribution in [-0.4, -0.2) is 58.8 Å². The van der Waals surface area contributed by atoms with Crippen molar-refractivity contribution in [1.29, 1.82) is 0 Å². The lowest BCUT2D eigenvalue weighted by molar-refractivity contribution is 0.0106. The van der Waals surface area contributed by atoms with Gasteiger partial charge in [0, 0.05) is 32.7 Å². The lowest BCUT2D eigenvalue weighted by Crippen LogP contribution is -2.41. The SMILES string of the molecule is C=C(C=Nc1ccccc1N)Oc1ccc([C@H]2CCNCC2OCc2ccc3c(c2)N(CCCOC)CCO3)cc1. The number of hydrogen-bond donors (Lipinski definition) is 2. The van der Waals surface area contributed by atoms with Crippen LogP contribution in [0.1, 0.15) is 29.9 Å². The van der Waals surface area contributed by atoms with Crippen LogP contribution in [-0.2, 0) is 16.1 Å². The van der Waals surface area contributed by atoms with Crippen LogP contribution >= 0.6 is 0 Å². The van der Waals surface area contributed by atoms with E-state index in [1.165, 1.54) is 5.56 Å². The summed E-state index contributed by atoms with van der Waals surface area (Å²) < 4.78 is 23.6. The first-order valence-corrected chi connectivity index (χ1v) is 14.3. The van der Waals surface area contributed by atoms with Gasteiger partial charge in [-0.3, -0.25) is 4.99 Å². The number of benzene rings is 3. The van der Waals surface area contributed by atoms with E-state index >= 15 is 0 Å². The van der Waals surface area contributed by atoms with Crippen molar-refractivity contribution in [3.8, 4) is 11.5 Å². The molecule has 0 aromatic heterocycles. The Balaban J connectivity index is 1.19. The Bertz CT molecular complexity index is 1330. The average molecular weight is 557 g/mol. The molecule has 8 nitrogen and oxygen atoms in total. The van der Waals surface area contributed by atoms with Crippen LogP contribution in [0.5, 0.6) is 11.5 Å². The number of methoxy groups -OCH3 is 1. The van der Waals surface area contributed by atoms with Crippen molar-refractivity contribution in [3.05, 3.63) is 90.2 Å². The van der Waals surface area contributed by atoms with Gasteiger partial charge in [0.25, 0.3) is 0 Å². The molecule has 41 heavy (non-hydrogen) atoms. The Kier molecular flexibility index (Phi) is 9.91. The van der Waals surface area contributed by atoms with Gasteiger partial charge in [0.05, 0.1) is 42.5 Å². The van der Waals surface area contributed by atoms with Gasteiger partial charge in [-0.15, -0.1) is 0 Å². The molecule has 1 unspecified atom stereocenters. The third-order valence-electron chi connectivity index (χ3n) is 7.49. The molecule has 0 radical (unpaired) electrons. The molecule has 2 aliphatic heterocycles. The van der Waals surface area contributed by atoms with Gasteiger partial charge in [-0.2, -0.15) is 0 Å². The molecular weight excluding hydrogens is 516 g/mol. The molecule has 216 valence electrons. The zero-order chi connectivity index (χ0) is 28.4. The second-order valence-electron chi connectivity index (χ2n) is 10.4. The van der Waals surface area contributed by atoms with Crippen LogP contribution in [0.3, 0.4) is 0 Å². The van der Waals surface area contributed by atoms with E-state index in [-0.39, 0.29) is 6.10 Å². The fraction of sp³-hybridized carbons (Fsp3) is 0.364. The maximum atomic E-state index is 6.52. The quantitative estimate of drug-likeness (QED) is 0.132. The normalized spacial score (nSPS) is 18.6. The van der Waals surface area contributed by atoms with Crippen molar-refractivity contribution < 1.29 is 18.9 Å². The second-order valence-corrected chi connectivity index (χ2v) is 10.4. The van der Waals surface area contributed by atoms with Gasteiger partial charge >= 0.3 is 0 Å². The summed E-state index contributed by atoms with van der Waals surface area (Å²) in [4.78, 5) is 6.76. The number of fused-ring (bicyclic) bond motifs is 1. The van der Waals surface area contributed by atoms with E-state index in [4.69, 9.17) is 24.7 Å². The standard InChI is InChI=1S/C33H40N4O4/c1-24(21-36-30-7-4-3-6-29(30)34)41-27-11-9-26(10-12-27)28-14-15-35-22-33(28)40-23-25-8-13-32-31(20-25)37(17-19-39-32)16-5-18-38-2/h3-4,6-13,20-21,28,33,35H,1,5,14-19,22-23,34H2,2H3/t28-,33?/m1/s1. The van der Waals surface area contributed by atoms with Crippen LogP contribution in [0, 0.1) is 0 Å². The van der Waals surface area contributed by atoms with Gasteiger partial charge in [0.1, 0.15) is 23.9 Å². The lowest BCUT2D eigenvalue weighted by atomic mass is 9.87. The predicted molar refractivity (Wildman–Crippen MR) is 165 cm³/mol. The van der Waals surface area contributed by atoms with Crippen LogP contribution in [0.15, 0.2) is 84.1 Å². The highest BCUT2D eigenvalue weighted by Crippen LogP contribution is 2.34. The Hall–Kier alpha value is -3.85. The molecule has 0 aliphatic carbocycles. The first-order valence-electron chi connectivity index (χ1n) is 14.3. The molecule has 0 amide bonds. The van der Waals surface area contributed by atoms with Crippen molar-refractivity contribution in [2.24, 2.45) is 4.99 Å². The van der Waals surface area contributed by atoms with E-state index in [1.54, 1.807) is 13.3 Å². The summed E-state index contributed by atoms with van der Waals surface area (Å²) in [5, 5.41) is 3.50. The third kappa shape index (κ3) is 7.67. The molecular formula is C33H40N4O4. The Labute approximate surface area is 242 Å². The van der Waals surface area contributed by atoms with Gasteiger partial charge in [0.15, 0.2) is 0 Å². The number of nitrogens with zero attached hydrogens (tertiary/aromatic N) is 2. The van der Waals surface area contributed by atoms with E-state index in [0.717, 1.165) is 62.6 Å². The number of rotatable bonds is 12. The van der Waals surface area contributed by atoms with Gasteiger partial charge < -0.3 is 34.9 Å². The maximum absolute atomic E-state index is 6.52. The molecule has 1 saturated heterocycles. The van der Waals surface area contributed by atoms with Crippen molar-refractivity contribution in [1.82, 2.24) is 5.32 Å². The van der Waals surface area contributed by atoms with Crippen LogP contribution in [0.2, 0.25) is 0 Å². The number of para-hydroxylation sites is 2. The highest BCUT2D eigenvalue weighted by Gasteiger charge is 2.27. The van der Waals surface area contributed by atoms with Crippen LogP contribution in [0.25, 0.3) is 0 Å². The lowest BCUT2D eigenvalue weighted by Gasteiger charge is -2.33. The third-order valence-corrected chi connectivity index (χ3v) is 7.49. The minimum absolute atomic E-state index is 0.0686. The molecule has 3 aromatic carbocycles. The number of ether oxygens (including phenoxy) is 4. The zero-order valence-electron chi connectivity index (χ0n) is 23.8. The monoisotopic (exact) mass is 556 g/mol. The van der Waals surface area contributed by atoms with E-state index in [9.17, 15) is 0 Å². The molecule has 2 aliphatic rings. The van der Waals surface area contributed by atoms with Crippen molar-refractivity contribution in [3.63, 3.8) is 0 Å². The van der Waals surface area contributed by atoms with E-state index in [2.05, 4.69) is 52.1 Å². The minimum atomic E-state index is 0.0686. The number of piperidine rings is 1. The van der Waals surface area contributed by atoms with Crippen molar-refractivity contribution in [2.75, 3.05) is 57.1 Å². The molecule has 2 atom stereocenters. The van der Waals surface area contributed by atoms with Gasteiger partial charge in [-0.1, -0.05) is 36.9 Å². The first kappa shape index (κ1) is 28.7. The zero-order valence-corrected chi connectivity index (χ0v) is 23.8. The maximum Gasteiger partial charge on any atom is 0.142 e. The first-order chi connectivity index (χ1) is 20.1. The van der Waals surface area contributed by atoms with Crippen LogP contribution in [0.4, 0.5) is 17.1 Å². The van der Waals surface area contributed by atoms with E-state index in [1.807, 2.05) is 36.4 Å². The fourth-order valence-corrected chi connectivity index (χ4v) is 5.34. The molecule has 2 heterocycles. The summed E-state index contributed by atoms with van der Waals surface area (Å²) in [7, 11) is 1.75. The van der Waals surface area contributed by atoms with Gasteiger partial charge in [0.2, 0.25) is 0 Å². The van der Waals surface area contributed by atoms with Gasteiger partial charge in [-0.25, -0.2) is 0 Å². The predicted octanol–water partition coefficient (Wildman–Crippen LogP) is 5.46. The molecule has 0 saturated carbocycles. The Morgan fingerprint density at radius 2 is 2.02 bits per heavy atom. The summed E-state index contributed by atoms with van der Waals surface area (Å²) in [5.41, 5.74) is 10.8. The Morgan fingerprint density at radius 3 is 2.85 bits per heavy atom. The smallest absolute Gasteiger partial charge is 0.142 e. The summed E-state index contributed by atoms with van der Waals surface area (Å²) >= 11 is 0. The van der Waals surface area contributed by atoms with Crippen molar-refractivity contribution in [2.45, 2.75) is 31.5 Å². The number of anilines is 2. The molecule has 5 rings (SSSR count). The molecule has 3 aromatic rings. The van der Waals surface area contributed by atoms with Gasteiger partial charge in [-0.05, 0) is 66.9 Å². The number of nitrogen functional groups attached to an aromatic ring is 1. The summed E-state index contributed by atoms with van der Waals surface area (Å²) in [6.07, 6.45) is 3.65. The summed E-state index contributed by atoms with van der Waals surface area (Å²) in [6.45, 7) is 9.59. The van der Waals surface area contributed by atoms with Crippen molar-refractivity contribution >= 4 is 23.3 Å². The molecule has 1 fully saturated rings. The Morgan fingerprint density at radius 1 is 1.17 bits per heavy atom. The topological polar surface area (TPSA) is 90.6 Å². The average Bonchev–Trinajstić information content (AvgIpc) is 3.00. The number of aliphatic imine (C=N–C) groups is 1. The summed E-state index contributed by atoms with van der Waals surface area (Å²) in [6, 6.07) is 22.0. The summed E-state index contributed by atoms with van der Waals surface area (Å²) in [5.74, 6) is 2.39. The largest absolute Gasteiger partial charge is 0.490 e. The van der Waals surface area contributed by atoms with Crippen LogP contribution < -0.4 is 25.4 Å². The number of allylic oxidation sites excluding steroid dienone is 1. The van der Waals surface area contributed by atoms with E-state index < -0.39 is 0 Å². The highest BCUT2D eigenvalue weighted by atomic mass is 16.5. The minimum Gasteiger partial charge on any atom is -0.490 e. The second kappa shape index (κ2) is 14.2. The number of nitrogens with one attached hydrogen (secondary N) is 1. The fourth-order valence-electron chi connectivity index (χ4n) is 5.34. The number of hydrogen-bond acceptors (Lipinski definition) is 8. The molecule has 8 heteroatoms. The molecule has 3 N–H and O–H groups in total. The molecule has 0 bridgehead atoms. The molecule has 0 spiro atoms. The van der Waals surface area contributed by atoms with E-state index in [0.29, 0.717) is 42.0 Å². The highest BCUT2D eigenvalue weighted by molar-refractivity contribution is 5.80. The number of nitrogens with two attached hydrogens (primary N) is 1.